The summed E-state index contributed by atoms with van der Waals surface area (Å²) in [4.78, 5) is 27.0. The van der Waals surface area contributed by atoms with Crippen molar-refractivity contribution >= 4 is 11.8 Å². The van der Waals surface area contributed by atoms with Crippen LogP contribution in [0.2, 0.25) is 0 Å². The fraction of sp³-hybridized carbons (Fsp3) is 0.826. The molecule has 4 fully saturated rings. The van der Waals surface area contributed by atoms with Crippen molar-refractivity contribution in [3.8, 4) is 0 Å². The van der Waals surface area contributed by atoms with E-state index in [1.54, 1.807) is 0 Å². The summed E-state index contributed by atoms with van der Waals surface area (Å²) in [6.45, 7) is 5.65. The predicted octanol–water partition coefficient (Wildman–Crippen LogP) is 3.22. The van der Waals surface area contributed by atoms with Crippen molar-refractivity contribution in [3.05, 3.63) is 16.4 Å². The summed E-state index contributed by atoms with van der Waals surface area (Å²) in [6.07, 6.45) is 5.40. The maximum Gasteiger partial charge on any atom is 0.309 e. The second kappa shape index (κ2) is 5.10. The van der Waals surface area contributed by atoms with Crippen LogP contribution in [0.4, 0.5) is 0 Å². The summed E-state index contributed by atoms with van der Waals surface area (Å²) < 4.78 is 5.11. The Kier molecular flexibility index (Phi) is 3.21. The highest BCUT2D eigenvalue weighted by Crippen LogP contribution is 2.76. The number of esters is 1. The third-order valence-corrected chi connectivity index (χ3v) is 10.4. The molecule has 0 amide bonds. The summed E-state index contributed by atoms with van der Waals surface area (Å²) in [7, 11) is 1.47. The van der Waals surface area contributed by atoms with Gasteiger partial charge in [-0.1, -0.05) is 25.0 Å². The Bertz CT molecular complexity index is 834. The third kappa shape index (κ3) is 1.63. The molecule has 2 bridgehead atoms. The van der Waals surface area contributed by atoms with E-state index in [9.17, 15) is 14.8 Å². The minimum absolute atomic E-state index is 0.0125. The molecule has 4 aliphatic carbocycles. The molecule has 5 nitrogen and oxygen atoms in total. The zero-order valence-corrected chi connectivity index (χ0v) is 17.2. The number of carbonyl (C=O) groups is 2. The van der Waals surface area contributed by atoms with E-state index in [-0.39, 0.29) is 51.7 Å². The molecule has 0 N–H and O–H groups in total. The molecule has 0 aromatic heterocycles. The number of hydroxylamine groups is 3. The van der Waals surface area contributed by atoms with E-state index in [1.165, 1.54) is 18.3 Å². The van der Waals surface area contributed by atoms with Crippen LogP contribution in [0.15, 0.2) is 11.1 Å². The van der Waals surface area contributed by atoms with Gasteiger partial charge in [0.15, 0.2) is 0 Å². The lowest BCUT2D eigenvalue weighted by Crippen LogP contribution is -2.68. The fourth-order valence-corrected chi connectivity index (χ4v) is 9.37. The van der Waals surface area contributed by atoms with E-state index < -0.39 is 5.41 Å². The molecule has 2 saturated heterocycles. The first-order chi connectivity index (χ1) is 13.3. The number of hydrogen-bond acceptors (Lipinski definition) is 4. The van der Waals surface area contributed by atoms with E-state index in [0.29, 0.717) is 25.3 Å². The number of fused-ring (bicyclic) bond motifs is 1. The smallest absolute Gasteiger partial charge is 0.309 e. The highest BCUT2D eigenvalue weighted by Gasteiger charge is 2.79. The molecular formula is C23H31NO4. The van der Waals surface area contributed by atoms with Gasteiger partial charge in [0, 0.05) is 29.6 Å². The molecular weight excluding hydrogens is 354 g/mol. The quantitative estimate of drug-likeness (QED) is 0.301. The average Bonchev–Trinajstić information content (AvgIpc) is 3.26. The first-order valence-corrected chi connectivity index (χ1v) is 11.2. The van der Waals surface area contributed by atoms with Crippen LogP contribution in [-0.2, 0) is 14.3 Å². The lowest BCUT2D eigenvalue weighted by atomic mass is 9.45. The van der Waals surface area contributed by atoms with Crippen molar-refractivity contribution in [1.82, 2.24) is 0 Å². The van der Waals surface area contributed by atoms with Gasteiger partial charge in [-0.25, -0.2) is 0 Å². The molecule has 2 aliphatic heterocycles. The van der Waals surface area contributed by atoms with Crippen molar-refractivity contribution in [1.29, 1.82) is 0 Å². The Morgan fingerprint density at radius 2 is 1.96 bits per heavy atom. The van der Waals surface area contributed by atoms with Gasteiger partial charge in [0.25, 0.3) is 0 Å². The number of nitrogens with zero attached hydrogens (tertiary/aromatic N) is 1. The van der Waals surface area contributed by atoms with Gasteiger partial charge in [0.2, 0.25) is 0 Å². The first kappa shape index (κ1) is 17.6. The minimum Gasteiger partial charge on any atom is -0.633 e. The van der Waals surface area contributed by atoms with Crippen LogP contribution in [0.1, 0.15) is 52.4 Å². The molecule has 0 aromatic carbocycles. The van der Waals surface area contributed by atoms with Gasteiger partial charge in [-0.3, -0.25) is 9.59 Å². The summed E-state index contributed by atoms with van der Waals surface area (Å²) in [6, 6.07) is 0.0147. The average molecular weight is 386 g/mol. The predicted molar refractivity (Wildman–Crippen MR) is 103 cm³/mol. The highest BCUT2D eigenvalue weighted by molar-refractivity contribution is 5.95. The van der Waals surface area contributed by atoms with E-state index in [2.05, 4.69) is 13.8 Å². The molecule has 28 heavy (non-hydrogen) atoms. The number of ether oxygens (including phenoxy) is 1. The molecule has 1 spiro atoms. The Labute approximate surface area is 166 Å². The Hall–Kier alpha value is -1.20. The lowest BCUT2D eigenvalue weighted by molar-refractivity contribution is -0.908. The second-order valence-corrected chi connectivity index (χ2v) is 10.9. The van der Waals surface area contributed by atoms with Crippen LogP contribution in [-0.4, -0.2) is 42.6 Å². The number of methoxy groups -OCH3 is 1. The maximum absolute atomic E-state index is 14.3. The molecule has 5 heteroatoms. The molecule has 9 atom stereocenters. The van der Waals surface area contributed by atoms with Gasteiger partial charge in [-0.05, 0) is 38.0 Å². The number of quaternary nitrogens is 1. The number of piperidine rings is 1. The van der Waals surface area contributed by atoms with Crippen molar-refractivity contribution < 1.29 is 19.0 Å². The van der Waals surface area contributed by atoms with E-state index in [1.807, 2.05) is 0 Å². The van der Waals surface area contributed by atoms with Crippen LogP contribution >= 0.6 is 0 Å². The van der Waals surface area contributed by atoms with E-state index in [0.717, 1.165) is 32.1 Å². The van der Waals surface area contributed by atoms with E-state index >= 15 is 0 Å². The Morgan fingerprint density at radius 3 is 2.71 bits per heavy atom. The van der Waals surface area contributed by atoms with Crippen molar-refractivity contribution in [2.75, 3.05) is 20.2 Å². The number of Topliss-reactive ketones (excluding diaryl/α,β-unsaturated/α-hetero) is 1. The molecule has 2 saturated carbocycles. The largest absolute Gasteiger partial charge is 0.633 e. The maximum atomic E-state index is 14.3. The Morgan fingerprint density at radius 1 is 1.21 bits per heavy atom. The van der Waals surface area contributed by atoms with Crippen molar-refractivity contribution in [2.24, 2.45) is 40.4 Å². The van der Waals surface area contributed by atoms with Crippen LogP contribution < -0.4 is 0 Å². The normalized spacial score (nSPS) is 55.9. The Balaban J connectivity index is 1.63. The number of carbonyl (C=O) groups excluding carboxylic acids is 2. The van der Waals surface area contributed by atoms with Crippen LogP contribution in [0.5, 0.6) is 0 Å². The van der Waals surface area contributed by atoms with Crippen LogP contribution in [0.3, 0.4) is 0 Å². The van der Waals surface area contributed by atoms with Gasteiger partial charge in [-0.15, -0.1) is 0 Å². The molecule has 0 radical (unpaired) electrons. The number of hydrogen-bond donors (Lipinski definition) is 0. The second-order valence-electron chi connectivity index (χ2n) is 10.9. The topological polar surface area (TPSA) is 66.4 Å². The summed E-state index contributed by atoms with van der Waals surface area (Å²) in [5.74, 6) is 0.588. The van der Waals surface area contributed by atoms with Gasteiger partial charge in [0.1, 0.15) is 5.78 Å². The molecule has 5 unspecified atom stereocenters. The lowest BCUT2D eigenvalue weighted by Gasteiger charge is -2.62. The van der Waals surface area contributed by atoms with E-state index in [4.69, 9.17) is 4.74 Å². The van der Waals surface area contributed by atoms with Crippen LogP contribution in [0, 0.1) is 45.6 Å². The first-order valence-electron chi connectivity index (χ1n) is 11.2. The monoisotopic (exact) mass is 385 g/mol. The molecule has 6 rings (SSSR count). The van der Waals surface area contributed by atoms with Crippen molar-refractivity contribution in [3.63, 3.8) is 0 Å². The van der Waals surface area contributed by atoms with Gasteiger partial charge in [0.05, 0.1) is 37.6 Å². The van der Waals surface area contributed by atoms with Gasteiger partial charge in [-0.2, -0.15) is 0 Å². The molecule has 0 aromatic rings. The highest BCUT2D eigenvalue weighted by atomic mass is 16.6. The number of allylic oxidation sites excluding steroid dienone is 2. The summed E-state index contributed by atoms with van der Waals surface area (Å²) in [5.41, 5.74) is 1.88. The van der Waals surface area contributed by atoms with Crippen LogP contribution in [0.25, 0.3) is 0 Å². The summed E-state index contributed by atoms with van der Waals surface area (Å²) >= 11 is 0. The number of rotatable bonds is 1. The van der Waals surface area contributed by atoms with Gasteiger partial charge < -0.3 is 14.6 Å². The van der Waals surface area contributed by atoms with Gasteiger partial charge >= 0.3 is 5.97 Å². The SMILES string of the molecule is COC(=O)C1C[C@]23C(=O)[C@@H]4CC5[C@@]2(C)C(CCC2=C3[C@@H]1CC2)C[N+]5([O-])CC4C. The standard InChI is InChI=1S/C23H31NO4/c1-12-10-24(27)11-14-6-4-13-5-7-15-17(21(26)28-3)9-23(19(13)15)20(25)16(12)8-18(24)22(14,23)2/h12,14-18H,4-11H2,1-3H3/t12?,14?,15-,16-,17?,18?,22-,23+,24?/m1/s1. The third-order valence-electron chi connectivity index (χ3n) is 10.4. The molecule has 2 heterocycles. The molecule has 6 aliphatic rings. The minimum atomic E-state index is -0.587. The zero-order chi connectivity index (χ0) is 19.6. The molecule has 152 valence electrons. The zero-order valence-electron chi connectivity index (χ0n) is 17.2. The summed E-state index contributed by atoms with van der Waals surface area (Å²) in [5, 5.41) is 14.0. The fourth-order valence-electron chi connectivity index (χ4n) is 9.37. The van der Waals surface area contributed by atoms with Crippen molar-refractivity contribution in [2.45, 2.75) is 58.4 Å². The number of ketones is 1.